The van der Waals surface area contributed by atoms with Gasteiger partial charge in [-0.15, -0.1) is 5.10 Å². The van der Waals surface area contributed by atoms with Gasteiger partial charge in [-0.2, -0.15) is 0 Å². The molecule has 0 saturated carbocycles. The quantitative estimate of drug-likeness (QED) is 0.709. The van der Waals surface area contributed by atoms with E-state index in [0.29, 0.717) is 6.54 Å². The molecule has 0 amide bonds. The number of nitrogens with zero attached hydrogens (tertiary/aromatic N) is 2. The highest BCUT2D eigenvalue weighted by atomic mass is 16.6. The van der Waals surface area contributed by atoms with Crippen LogP contribution in [0.5, 0.6) is 0 Å². The number of rotatable bonds is 1. The zero-order chi connectivity index (χ0) is 11.5. The lowest BCUT2D eigenvalue weighted by Crippen LogP contribution is -2.26. The lowest BCUT2D eigenvalue weighted by atomic mass is 10.3. The third-order valence-electron chi connectivity index (χ3n) is 2.15. The number of para-hydroxylation sites is 1. The van der Waals surface area contributed by atoms with Crippen LogP contribution in [0.1, 0.15) is 6.92 Å². The van der Waals surface area contributed by atoms with Crippen LogP contribution in [0.2, 0.25) is 0 Å². The van der Waals surface area contributed by atoms with Gasteiger partial charge in [0.15, 0.2) is 6.10 Å². The average molecular weight is 220 g/mol. The van der Waals surface area contributed by atoms with Crippen molar-refractivity contribution >= 4 is 17.6 Å². The summed E-state index contributed by atoms with van der Waals surface area (Å²) >= 11 is 0. The number of aliphatic hydroxyl groups is 1. The van der Waals surface area contributed by atoms with Crippen LogP contribution >= 0.6 is 0 Å². The Labute approximate surface area is 92.9 Å². The van der Waals surface area contributed by atoms with E-state index in [9.17, 15) is 9.90 Å². The predicted molar refractivity (Wildman–Crippen MR) is 59.0 cm³/mol. The Morgan fingerprint density at radius 3 is 2.81 bits per heavy atom. The van der Waals surface area contributed by atoms with Crippen molar-refractivity contribution in [2.24, 2.45) is 5.10 Å². The second-order valence-electron chi connectivity index (χ2n) is 3.47. The number of hydrogen-bond donors (Lipinski definition) is 1. The number of hydrazone groups is 1. The molecule has 5 nitrogen and oxygen atoms in total. The average Bonchev–Trinajstić information content (AvgIpc) is 2.61. The number of β-amino-alcohol motifs (C(OH)–C–C–N with tert-alkyl or cyclic N) is 1. The van der Waals surface area contributed by atoms with Crippen LogP contribution in [-0.4, -0.2) is 29.6 Å². The molecule has 1 unspecified atom stereocenters. The number of hydrogen-bond acceptors (Lipinski definition) is 5. The number of carbonyl (C=O) groups is 1. The van der Waals surface area contributed by atoms with Gasteiger partial charge in [0.2, 0.25) is 5.90 Å². The van der Waals surface area contributed by atoms with Gasteiger partial charge in [-0.25, -0.2) is 0 Å². The standard InChI is InChI=1S/C11H12N2O3/c1-8(14)16-11-10(15)7-13(12-11)9-5-3-2-4-6-9/h2-6,10,15H,7H2,1H3. The molecule has 0 aromatic heterocycles. The molecule has 0 spiro atoms. The third-order valence-corrected chi connectivity index (χ3v) is 2.15. The minimum atomic E-state index is -0.857. The van der Waals surface area contributed by atoms with Crippen LogP contribution in [-0.2, 0) is 9.53 Å². The zero-order valence-electron chi connectivity index (χ0n) is 8.83. The van der Waals surface area contributed by atoms with Gasteiger partial charge >= 0.3 is 5.97 Å². The Morgan fingerprint density at radius 1 is 1.50 bits per heavy atom. The second-order valence-corrected chi connectivity index (χ2v) is 3.47. The topological polar surface area (TPSA) is 62.1 Å². The molecule has 1 N–H and O–H groups in total. The molecule has 0 aliphatic carbocycles. The first-order valence-corrected chi connectivity index (χ1v) is 4.94. The minimum Gasteiger partial charge on any atom is -0.407 e. The fourth-order valence-corrected chi connectivity index (χ4v) is 1.47. The number of esters is 1. The summed E-state index contributed by atoms with van der Waals surface area (Å²) in [7, 11) is 0. The molecule has 1 aromatic rings. The van der Waals surface area contributed by atoms with Crippen molar-refractivity contribution in [2.75, 3.05) is 11.6 Å². The summed E-state index contributed by atoms with van der Waals surface area (Å²) in [4.78, 5) is 10.8. The van der Waals surface area contributed by atoms with Crippen LogP contribution in [0, 0.1) is 0 Å². The summed E-state index contributed by atoms with van der Waals surface area (Å²) in [5.74, 6) is -0.427. The van der Waals surface area contributed by atoms with Gasteiger partial charge in [-0.3, -0.25) is 9.80 Å². The maximum atomic E-state index is 10.8. The number of ether oxygens (including phenoxy) is 1. The van der Waals surface area contributed by atoms with Crippen molar-refractivity contribution in [3.8, 4) is 0 Å². The van der Waals surface area contributed by atoms with Crippen molar-refractivity contribution in [2.45, 2.75) is 13.0 Å². The number of carbonyl (C=O) groups excluding carboxylic acids is 1. The molecule has 1 heterocycles. The highest BCUT2D eigenvalue weighted by molar-refractivity contribution is 5.93. The zero-order valence-corrected chi connectivity index (χ0v) is 8.83. The molecular weight excluding hydrogens is 208 g/mol. The Hall–Kier alpha value is -1.88. The molecule has 1 aliphatic heterocycles. The van der Waals surface area contributed by atoms with Crippen LogP contribution in [0.15, 0.2) is 35.4 Å². The molecule has 1 aliphatic rings. The van der Waals surface area contributed by atoms with Crippen LogP contribution in [0.4, 0.5) is 5.69 Å². The van der Waals surface area contributed by atoms with Gasteiger partial charge in [0, 0.05) is 6.92 Å². The van der Waals surface area contributed by atoms with Crippen molar-refractivity contribution in [1.82, 2.24) is 0 Å². The smallest absolute Gasteiger partial charge is 0.309 e. The number of benzene rings is 1. The highest BCUT2D eigenvalue weighted by Crippen LogP contribution is 2.19. The second kappa shape index (κ2) is 4.32. The molecule has 16 heavy (non-hydrogen) atoms. The van der Waals surface area contributed by atoms with Gasteiger partial charge in [0.1, 0.15) is 0 Å². The normalized spacial score (nSPS) is 19.5. The van der Waals surface area contributed by atoms with Crippen LogP contribution in [0.25, 0.3) is 0 Å². The molecule has 84 valence electrons. The Morgan fingerprint density at radius 2 is 2.19 bits per heavy atom. The van der Waals surface area contributed by atoms with E-state index in [1.165, 1.54) is 6.92 Å². The van der Waals surface area contributed by atoms with E-state index < -0.39 is 12.1 Å². The first-order chi connectivity index (χ1) is 7.66. The molecule has 0 fully saturated rings. The summed E-state index contributed by atoms with van der Waals surface area (Å²) in [5.41, 5.74) is 0.851. The molecule has 5 heteroatoms. The van der Waals surface area contributed by atoms with E-state index in [4.69, 9.17) is 4.74 Å². The summed E-state index contributed by atoms with van der Waals surface area (Å²) in [6.07, 6.45) is -0.857. The van der Waals surface area contributed by atoms with E-state index in [2.05, 4.69) is 5.10 Å². The van der Waals surface area contributed by atoms with Gasteiger partial charge in [0.25, 0.3) is 0 Å². The summed E-state index contributed by atoms with van der Waals surface area (Å²) < 4.78 is 4.79. The van der Waals surface area contributed by atoms with E-state index in [-0.39, 0.29) is 5.90 Å². The van der Waals surface area contributed by atoms with Gasteiger partial charge in [-0.05, 0) is 12.1 Å². The fraction of sp³-hybridized carbons (Fsp3) is 0.273. The van der Waals surface area contributed by atoms with Gasteiger partial charge in [0.05, 0.1) is 12.2 Å². The van der Waals surface area contributed by atoms with E-state index in [1.807, 2.05) is 30.3 Å². The highest BCUT2D eigenvalue weighted by Gasteiger charge is 2.27. The fourth-order valence-electron chi connectivity index (χ4n) is 1.47. The van der Waals surface area contributed by atoms with E-state index >= 15 is 0 Å². The minimum absolute atomic E-state index is 0.0522. The Bertz CT molecular complexity index is 416. The third kappa shape index (κ3) is 2.20. The van der Waals surface area contributed by atoms with Crippen molar-refractivity contribution in [1.29, 1.82) is 0 Å². The first-order valence-electron chi connectivity index (χ1n) is 4.94. The molecule has 1 atom stereocenters. The summed E-state index contributed by atoms with van der Waals surface area (Å²) in [5, 5.41) is 15.3. The summed E-state index contributed by atoms with van der Waals surface area (Å²) in [6, 6.07) is 9.38. The maximum Gasteiger partial charge on any atom is 0.309 e. The van der Waals surface area contributed by atoms with Crippen LogP contribution in [0.3, 0.4) is 0 Å². The Balaban J connectivity index is 2.16. The monoisotopic (exact) mass is 220 g/mol. The van der Waals surface area contributed by atoms with Crippen molar-refractivity contribution in [3.63, 3.8) is 0 Å². The van der Waals surface area contributed by atoms with Crippen LogP contribution < -0.4 is 5.01 Å². The SMILES string of the molecule is CC(=O)OC1=NN(c2ccccc2)CC1O. The molecule has 0 bridgehead atoms. The molecule has 2 rings (SSSR count). The largest absolute Gasteiger partial charge is 0.407 e. The number of aliphatic hydroxyl groups excluding tert-OH is 1. The molecule has 0 radical (unpaired) electrons. The van der Waals surface area contributed by atoms with E-state index in [1.54, 1.807) is 5.01 Å². The first kappa shape index (κ1) is 10.6. The Kier molecular flexibility index (Phi) is 2.87. The molecular formula is C11H12N2O3. The van der Waals surface area contributed by atoms with E-state index in [0.717, 1.165) is 5.69 Å². The molecule has 1 aromatic carbocycles. The van der Waals surface area contributed by atoms with Gasteiger partial charge < -0.3 is 9.84 Å². The number of anilines is 1. The van der Waals surface area contributed by atoms with Crippen molar-refractivity contribution in [3.05, 3.63) is 30.3 Å². The lowest BCUT2D eigenvalue weighted by Gasteiger charge is -2.12. The molecule has 0 saturated heterocycles. The summed E-state index contributed by atoms with van der Waals surface area (Å²) in [6.45, 7) is 1.58. The van der Waals surface area contributed by atoms with Crippen molar-refractivity contribution < 1.29 is 14.6 Å². The lowest BCUT2D eigenvalue weighted by molar-refractivity contribution is -0.133. The van der Waals surface area contributed by atoms with Gasteiger partial charge in [-0.1, -0.05) is 18.2 Å². The maximum absolute atomic E-state index is 10.8. The predicted octanol–water partition coefficient (Wildman–Crippen LogP) is 0.744.